The number of thiazole rings is 1. The summed E-state index contributed by atoms with van der Waals surface area (Å²) in [7, 11) is 0. The van der Waals surface area contributed by atoms with Crippen LogP contribution < -0.4 is 5.32 Å². The highest BCUT2D eigenvalue weighted by atomic mass is 32.1. The molecule has 0 aromatic carbocycles. The lowest BCUT2D eigenvalue weighted by molar-refractivity contribution is -0.0617. The highest BCUT2D eigenvalue weighted by Crippen LogP contribution is 2.19. The fourth-order valence-electron chi connectivity index (χ4n) is 1.81. The molecule has 1 aliphatic heterocycles. The molecule has 4 nitrogen and oxygen atoms in total. The van der Waals surface area contributed by atoms with Crippen LogP contribution >= 0.6 is 11.3 Å². The predicted octanol–water partition coefficient (Wildman–Crippen LogP) is 1.08. The van der Waals surface area contributed by atoms with Gasteiger partial charge in [-0.2, -0.15) is 0 Å². The van der Waals surface area contributed by atoms with Crippen molar-refractivity contribution in [1.29, 1.82) is 0 Å². The number of aryl methyl sites for hydroxylation is 1. The van der Waals surface area contributed by atoms with E-state index in [-0.39, 0.29) is 0 Å². The molecule has 1 aromatic heterocycles. The Bertz CT molecular complexity index is 334. The minimum atomic E-state index is -0.593. The highest BCUT2D eigenvalue weighted by molar-refractivity contribution is 7.09. The van der Waals surface area contributed by atoms with Gasteiger partial charge in [-0.3, -0.25) is 0 Å². The van der Waals surface area contributed by atoms with E-state index in [0.717, 1.165) is 30.1 Å². The fourth-order valence-corrected chi connectivity index (χ4v) is 2.56. The summed E-state index contributed by atoms with van der Waals surface area (Å²) in [6.07, 6.45) is 1.44. The molecule has 0 spiro atoms. The number of aromatic nitrogens is 1. The van der Waals surface area contributed by atoms with Gasteiger partial charge in [0.2, 0.25) is 0 Å². The van der Waals surface area contributed by atoms with Crippen LogP contribution in [0.25, 0.3) is 0 Å². The van der Waals surface area contributed by atoms with Gasteiger partial charge in [-0.05, 0) is 6.92 Å². The third-order valence-electron chi connectivity index (χ3n) is 2.82. The molecule has 0 amide bonds. The van der Waals surface area contributed by atoms with E-state index >= 15 is 0 Å². The zero-order valence-corrected chi connectivity index (χ0v) is 10.3. The van der Waals surface area contributed by atoms with Crippen molar-refractivity contribution >= 4 is 11.3 Å². The Morgan fingerprint density at radius 2 is 2.31 bits per heavy atom. The largest absolute Gasteiger partial charge is 0.388 e. The number of ether oxygens (including phenoxy) is 1. The van der Waals surface area contributed by atoms with Crippen LogP contribution in [0, 0.1) is 6.92 Å². The standard InChI is InChI=1S/C11H18N2O2S/c1-9-7-16-10(13-9)6-12-8-11(14)2-4-15-5-3-11/h7,12,14H,2-6,8H2,1H3. The lowest BCUT2D eigenvalue weighted by Crippen LogP contribution is -2.44. The third-order valence-corrected chi connectivity index (χ3v) is 3.79. The number of nitrogens with one attached hydrogen (secondary N) is 1. The van der Waals surface area contributed by atoms with Crippen LogP contribution in [0.2, 0.25) is 0 Å². The van der Waals surface area contributed by atoms with Crippen molar-refractivity contribution in [2.75, 3.05) is 19.8 Å². The predicted molar refractivity (Wildman–Crippen MR) is 63.6 cm³/mol. The summed E-state index contributed by atoms with van der Waals surface area (Å²) in [6.45, 7) is 4.67. The van der Waals surface area contributed by atoms with Gasteiger partial charge in [0.15, 0.2) is 0 Å². The Hall–Kier alpha value is -0.490. The van der Waals surface area contributed by atoms with Gasteiger partial charge in [-0.15, -0.1) is 11.3 Å². The molecule has 0 atom stereocenters. The van der Waals surface area contributed by atoms with E-state index in [4.69, 9.17) is 4.74 Å². The maximum atomic E-state index is 10.2. The molecule has 0 aliphatic carbocycles. The van der Waals surface area contributed by atoms with E-state index in [1.165, 1.54) is 0 Å². The molecule has 1 saturated heterocycles. The maximum Gasteiger partial charge on any atom is 0.107 e. The maximum absolute atomic E-state index is 10.2. The summed E-state index contributed by atoms with van der Waals surface area (Å²) < 4.78 is 5.23. The fraction of sp³-hybridized carbons (Fsp3) is 0.727. The number of hydrogen-bond acceptors (Lipinski definition) is 5. The molecule has 1 fully saturated rings. The second-order valence-corrected chi connectivity index (χ2v) is 5.27. The summed E-state index contributed by atoms with van der Waals surface area (Å²) in [4.78, 5) is 4.37. The van der Waals surface area contributed by atoms with E-state index in [1.54, 1.807) is 11.3 Å². The molecule has 0 bridgehead atoms. The van der Waals surface area contributed by atoms with Crippen molar-refractivity contribution < 1.29 is 9.84 Å². The van der Waals surface area contributed by atoms with Crippen molar-refractivity contribution in [3.05, 3.63) is 16.1 Å². The van der Waals surface area contributed by atoms with Crippen LogP contribution in [0.15, 0.2) is 5.38 Å². The Morgan fingerprint density at radius 1 is 1.56 bits per heavy atom. The lowest BCUT2D eigenvalue weighted by atomic mass is 9.94. The van der Waals surface area contributed by atoms with Crippen molar-refractivity contribution in [2.45, 2.75) is 31.9 Å². The van der Waals surface area contributed by atoms with E-state index in [9.17, 15) is 5.11 Å². The van der Waals surface area contributed by atoms with Gasteiger partial charge in [-0.25, -0.2) is 4.98 Å². The minimum Gasteiger partial charge on any atom is -0.388 e. The summed E-state index contributed by atoms with van der Waals surface area (Å²) in [6, 6.07) is 0. The SMILES string of the molecule is Cc1csc(CNCC2(O)CCOCC2)n1. The van der Waals surface area contributed by atoms with Gasteiger partial charge >= 0.3 is 0 Å². The topological polar surface area (TPSA) is 54.4 Å². The smallest absolute Gasteiger partial charge is 0.107 e. The molecule has 2 N–H and O–H groups in total. The van der Waals surface area contributed by atoms with Crippen LogP contribution in [-0.4, -0.2) is 35.5 Å². The average Bonchev–Trinajstić information content (AvgIpc) is 2.65. The van der Waals surface area contributed by atoms with Crippen LogP contribution in [-0.2, 0) is 11.3 Å². The van der Waals surface area contributed by atoms with Gasteiger partial charge in [0.05, 0.1) is 5.60 Å². The van der Waals surface area contributed by atoms with Crippen LogP contribution in [0.4, 0.5) is 0 Å². The van der Waals surface area contributed by atoms with Crippen LogP contribution in [0.5, 0.6) is 0 Å². The molecule has 0 radical (unpaired) electrons. The Morgan fingerprint density at radius 3 is 2.94 bits per heavy atom. The molecule has 90 valence electrons. The second-order valence-electron chi connectivity index (χ2n) is 4.32. The molecule has 16 heavy (non-hydrogen) atoms. The number of aliphatic hydroxyl groups is 1. The summed E-state index contributed by atoms with van der Waals surface area (Å²) in [5.74, 6) is 0. The highest BCUT2D eigenvalue weighted by Gasteiger charge is 2.29. The van der Waals surface area contributed by atoms with Gasteiger partial charge in [-0.1, -0.05) is 0 Å². The monoisotopic (exact) mass is 242 g/mol. The van der Waals surface area contributed by atoms with Crippen LogP contribution in [0.3, 0.4) is 0 Å². The molecule has 2 rings (SSSR count). The van der Waals surface area contributed by atoms with Crippen molar-refractivity contribution in [2.24, 2.45) is 0 Å². The first kappa shape index (κ1) is 12.0. The average molecular weight is 242 g/mol. The molecular weight excluding hydrogens is 224 g/mol. The van der Waals surface area contributed by atoms with E-state index in [2.05, 4.69) is 10.3 Å². The van der Waals surface area contributed by atoms with Crippen molar-refractivity contribution in [3.63, 3.8) is 0 Å². The van der Waals surface area contributed by atoms with E-state index < -0.39 is 5.60 Å². The second kappa shape index (κ2) is 5.23. The summed E-state index contributed by atoms with van der Waals surface area (Å²) >= 11 is 1.66. The molecule has 1 aromatic rings. The summed E-state index contributed by atoms with van der Waals surface area (Å²) in [5.41, 5.74) is 0.469. The Kier molecular flexibility index (Phi) is 3.91. The molecule has 0 unspecified atom stereocenters. The van der Waals surface area contributed by atoms with Gasteiger partial charge < -0.3 is 15.2 Å². The van der Waals surface area contributed by atoms with Crippen molar-refractivity contribution in [3.8, 4) is 0 Å². The first-order chi connectivity index (χ1) is 7.68. The lowest BCUT2D eigenvalue weighted by Gasteiger charge is -2.32. The first-order valence-electron chi connectivity index (χ1n) is 5.60. The molecular formula is C11H18N2O2S. The number of rotatable bonds is 4. The molecule has 1 aliphatic rings. The van der Waals surface area contributed by atoms with Gasteiger partial charge in [0, 0.05) is 50.2 Å². The normalized spacial score (nSPS) is 19.9. The van der Waals surface area contributed by atoms with Gasteiger partial charge in [0.1, 0.15) is 5.01 Å². The zero-order chi connectivity index (χ0) is 11.4. The minimum absolute atomic E-state index is 0.593. The van der Waals surface area contributed by atoms with E-state index in [1.807, 2.05) is 12.3 Å². The number of nitrogens with zero attached hydrogens (tertiary/aromatic N) is 1. The Labute approximate surface area is 99.7 Å². The van der Waals surface area contributed by atoms with Gasteiger partial charge in [0.25, 0.3) is 0 Å². The first-order valence-corrected chi connectivity index (χ1v) is 6.48. The van der Waals surface area contributed by atoms with Crippen molar-refractivity contribution in [1.82, 2.24) is 10.3 Å². The zero-order valence-electron chi connectivity index (χ0n) is 9.53. The third kappa shape index (κ3) is 3.25. The molecule has 2 heterocycles. The summed E-state index contributed by atoms with van der Waals surface area (Å²) in [5, 5.41) is 16.6. The van der Waals surface area contributed by atoms with Crippen LogP contribution in [0.1, 0.15) is 23.5 Å². The molecule has 0 saturated carbocycles. The molecule has 5 heteroatoms. The number of hydrogen-bond donors (Lipinski definition) is 2. The Balaban J connectivity index is 1.74. The van der Waals surface area contributed by atoms with E-state index in [0.29, 0.717) is 19.8 Å². The quantitative estimate of drug-likeness (QED) is 0.829.